The lowest BCUT2D eigenvalue weighted by Crippen LogP contribution is -2.33. The molecule has 1 atom stereocenters. The third kappa shape index (κ3) is 4.57. The van der Waals surface area contributed by atoms with Crippen LogP contribution in [0.3, 0.4) is 0 Å². The van der Waals surface area contributed by atoms with Crippen molar-refractivity contribution in [1.29, 1.82) is 0 Å². The summed E-state index contributed by atoms with van der Waals surface area (Å²) in [5, 5.41) is 9.41. The van der Waals surface area contributed by atoms with Crippen LogP contribution in [0.2, 0.25) is 0 Å². The summed E-state index contributed by atoms with van der Waals surface area (Å²) in [4.78, 5) is 2.48. The van der Waals surface area contributed by atoms with E-state index in [2.05, 4.69) is 23.1 Å². The molecule has 4 heteroatoms. The summed E-state index contributed by atoms with van der Waals surface area (Å²) in [6.45, 7) is 4.26. The average molecular weight is 380 g/mol. The van der Waals surface area contributed by atoms with E-state index >= 15 is 0 Å². The smallest absolute Gasteiger partial charge is 0.143 e. The van der Waals surface area contributed by atoms with Crippen LogP contribution in [0.5, 0.6) is 11.5 Å². The zero-order valence-corrected chi connectivity index (χ0v) is 16.3. The summed E-state index contributed by atoms with van der Waals surface area (Å²) in [5.74, 6) is 1.77. The Balaban J connectivity index is 1.38. The van der Waals surface area contributed by atoms with Crippen molar-refractivity contribution in [2.75, 3.05) is 32.8 Å². The van der Waals surface area contributed by atoms with Crippen LogP contribution < -0.4 is 9.47 Å². The molecule has 148 valence electrons. The van der Waals surface area contributed by atoms with Crippen LogP contribution >= 0.6 is 0 Å². The number of aliphatic hydroxyl groups is 1. The summed E-state index contributed by atoms with van der Waals surface area (Å²) in [7, 11) is 0. The Labute approximate surface area is 167 Å². The van der Waals surface area contributed by atoms with E-state index in [1.165, 1.54) is 32.4 Å². The van der Waals surface area contributed by atoms with Crippen molar-refractivity contribution < 1.29 is 14.6 Å². The quantitative estimate of drug-likeness (QED) is 0.772. The first-order valence-corrected chi connectivity index (χ1v) is 10.4. The summed E-state index contributed by atoms with van der Waals surface area (Å²) in [6, 6.07) is 16.2. The van der Waals surface area contributed by atoms with Gasteiger partial charge in [0.05, 0.1) is 0 Å². The predicted octanol–water partition coefficient (Wildman–Crippen LogP) is 4.45. The molecule has 0 saturated carbocycles. The highest BCUT2D eigenvalue weighted by molar-refractivity contribution is 5.73. The zero-order valence-electron chi connectivity index (χ0n) is 16.3. The van der Waals surface area contributed by atoms with E-state index < -0.39 is 0 Å². The maximum absolute atomic E-state index is 9.41. The lowest BCUT2D eigenvalue weighted by molar-refractivity contribution is 0.183. The predicted molar refractivity (Wildman–Crippen MR) is 112 cm³/mol. The molecule has 4 nitrogen and oxygen atoms in total. The Kier molecular flexibility index (Phi) is 6.30. The van der Waals surface area contributed by atoms with Crippen LogP contribution in [0, 0.1) is 0 Å². The normalized spacial score (nSPS) is 19.5. The van der Waals surface area contributed by atoms with E-state index in [0.29, 0.717) is 6.42 Å². The second kappa shape index (κ2) is 9.26. The van der Waals surface area contributed by atoms with Gasteiger partial charge in [-0.15, -0.1) is 0 Å². The van der Waals surface area contributed by atoms with Crippen LogP contribution in [-0.4, -0.2) is 42.9 Å². The number of likely N-dealkylation sites (tertiary alicyclic amines) is 1. The molecule has 2 aromatic rings. The monoisotopic (exact) mass is 379 g/mol. The minimum Gasteiger partial charge on any atom is -0.492 e. The molecule has 1 saturated heterocycles. The minimum absolute atomic E-state index is 0.136. The van der Waals surface area contributed by atoms with Crippen molar-refractivity contribution in [3.63, 3.8) is 0 Å². The van der Waals surface area contributed by atoms with Crippen LogP contribution in [0.25, 0.3) is 5.57 Å². The molecule has 0 radical (unpaired) electrons. The Morgan fingerprint density at radius 3 is 2.57 bits per heavy atom. The lowest BCUT2D eigenvalue weighted by Gasteiger charge is -2.26. The fourth-order valence-corrected chi connectivity index (χ4v) is 4.01. The van der Waals surface area contributed by atoms with Gasteiger partial charge in [-0.25, -0.2) is 0 Å². The number of piperidine rings is 1. The van der Waals surface area contributed by atoms with Gasteiger partial charge < -0.3 is 14.6 Å². The Morgan fingerprint density at radius 1 is 1.00 bits per heavy atom. The van der Waals surface area contributed by atoms with Crippen molar-refractivity contribution >= 4 is 5.57 Å². The van der Waals surface area contributed by atoms with Crippen LogP contribution in [0.4, 0.5) is 0 Å². The van der Waals surface area contributed by atoms with E-state index in [0.717, 1.165) is 41.4 Å². The van der Waals surface area contributed by atoms with Crippen molar-refractivity contribution in [2.45, 2.75) is 31.8 Å². The van der Waals surface area contributed by atoms with Gasteiger partial charge in [0.25, 0.3) is 0 Å². The molecular formula is C24H29NO3. The molecule has 1 N–H and O–H groups in total. The third-order valence-corrected chi connectivity index (χ3v) is 5.55. The van der Waals surface area contributed by atoms with Gasteiger partial charge in [0.1, 0.15) is 24.2 Å². The number of benzene rings is 2. The van der Waals surface area contributed by atoms with Crippen molar-refractivity contribution in [3.05, 3.63) is 65.7 Å². The number of rotatable bonds is 7. The first-order valence-electron chi connectivity index (χ1n) is 10.4. The van der Waals surface area contributed by atoms with Gasteiger partial charge in [-0.05, 0) is 67.8 Å². The number of fused-ring (bicyclic) bond motifs is 1. The first kappa shape index (κ1) is 19.0. The molecule has 0 spiro atoms. The molecule has 0 bridgehead atoms. The number of hydrogen-bond acceptors (Lipinski definition) is 4. The van der Waals surface area contributed by atoms with Gasteiger partial charge in [-0.3, -0.25) is 4.90 Å². The van der Waals surface area contributed by atoms with Gasteiger partial charge in [0.2, 0.25) is 0 Å². The van der Waals surface area contributed by atoms with Gasteiger partial charge in [-0.2, -0.15) is 0 Å². The van der Waals surface area contributed by atoms with Gasteiger partial charge in [0.15, 0.2) is 0 Å². The van der Waals surface area contributed by atoms with Crippen LogP contribution in [-0.2, 0) is 0 Å². The fourth-order valence-electron chi connectivity index (χ4n) is 4.01. The molecular weight excluding hydrogens is 350 g/mol. The van der Waals surface area contributed by atoms with E-state index in [9.17, 15) is 5.11 Å². The van der Waals surface area contributed by atoms with Crippen LogP contribution in [0.15, 0.2) is 54.6 Å². The highest BCUT2D eigenvalue weighted by Gasteiger charge is 2.21. The Morgan fingerprint density at radius 2 is 1.79 bits per heavy atom. The van der Waals surface area contributed by atoms with Crippen molar-refractivity contribution in [2.24, 2.45) is 0 Å². The molecule has 4 rings (SSSR count). The minimum atomic E-state index is -0.140. The molecule has 28 heavy (non-hydrogen) atoms. The fraction of sp³-hybridized carbons (Fsp3) is 0.417. The van der Waals surface area contributed by atoms with Gasteiger partial charge in [0, 0.05) is 18.7 Å². The maximum atomic E-state index is 9.41. The number of aliphatic hydroxyl groups excluding tert-OH is 1. The maximum Gasteiger partial charge on any atom is 0.143 e. The van der Waals surface area contributed by atoms with E-state index in [1.807, 2.05) is 36.4 Å². The van der Waals surface area contributed by atoms with E-state index in [-0.39, 0.29) is 12.7 Å². The number of hydrogen-bond donors (Lipinski definition) is 1. The van der Waals surface area contributed by atoms with Crippen LogP contribution in [0.1, 0.15) is 42.9 Å². The Hall–Kier alpha value is -2.30. The number of para-hydroxylation sites is 1. The van der Waals surface area contributed by atoms with E-state index in [4.69, 9.17) is 9.47 Å². The standard InChI is InChI=1S/C24H29NO3/c26-16-12-20-18-24(28-23-7-3-2-6-22(20)23)19-8-10-21(11-9-19)27-17-15-25-13-4-1-5-14-25/h2-3,6-11,18,24,26H,1,4-5,12-17H2. The second-order valence-corrected chi connectivity index (χ2v) is 7.52. The summed E-state index contributed by atoms with van der Waals surface area (Å²) < 4.78 is 12.1. The molecule has 2 heterocycles. The van der Waals surface area contributed by atoms with E-state index in [1.54, 1.807) is 0 Å². The summed E-state index contributed by atoms with van der Waals surface area (Å²) in [5.41, 5.74) is 3.30. The van der Waals surface area contributed by atoms with Crippen molar-refractivity contribution in [1.82, 2.24) is 4.90 Å². The number of nitrogens with zero attached hydrogens (tertiary/aromatic N) is 1. The Bertz CT molecular complexity index is 794. The van der Waals surface area contributed by atoms with Gasteiger partial charge in [-0.1, -0.05) is 36.8 Å². The first-order chi connectivity index (χ1) is 13.8. The molecule has 2 aromatic carbocycles. The summed E-state index contributed by atoms with van der Waals surface area (Å²) >= 11 is 0. The largest absolute Gasteiger partial charge is 0.492 e. The molecule has 0 amide bonds. The molecule has 2 aliphatic heterocycles. The van der Waals surface area contributed by atoms with Gasteiger partial charge >= 0.3 is 0 Å². The molecule has 2 aliphatic rings. The number of ether oxygens (including phenoxy) is 2. The second-order valence-electron chi connectivity index (χ2n) is 7.52. The summed E-state index contributed by atoms with van der Waals surface area (Å²) in [6.07, 6.45) is 6.59. The third-order valence-electron chi connectivity index (χ3n) is 5.55. The highest BCUT2D eigenvalue weighted by Crippen LogP contribution is 2.38. The topological polar surface area (TPSA) is 41.9 Å². The highest BCUT2D eigenvalue weighted by atomic mass is 16.5. The molecule has 0 aliphatic carbocycles. The lowest BCUT2D eigenvalue weighted by atomic mass is 9.95. The molecule has 0 aromatic heterocycles. The molecule has 1 fully saturated rings. The average Bonchev–Trinajstić information content (AvgIpc) is 2.75. The molecule has 1 unspecified atom stereocenters. The zero-order chi connectivity index (χ0) is 19.2. The SMILES string of the molecule is OCCC1=CC(c2ccc(OCCN3CCCCC3)cc2)Oc2ccccc21. The van der Waals surface area contributed by atoms with Crippen molar-refractivity contribution in [3.8, 4) is 11.5 Å².